The Hall–Kier alpha value is -0.540. The van der Waals surface area contributed by atoms with Gasteiger partial charge in [0.05, 0.1) is 0 Å². The molecule has 60 valence electrons. The molecule has 0 atom stereocenters. The molecule has 0 radical (unpaired) electrons. The van der Waals surface area contributed by atoms with E-state index >= 15 is 0 Å². The molecule has 0 aliphatic heterocycles. The summed E-state index contributed by atoms with van der Waals surface area (Å²) in [4.78, 5) is 4.21. The predicted octanol–water partition coefficient (Wildman–Crippen LogP) is 1.57. The molecule has 2 N–H and O–H groups in total. The molecule has 0 aliphatic carbocycles. The van der Waals surface area contributed by atoms with E-state index in [9.17, 15) is 0 Å². The van der Waals surface area contributed by atoms with Gasteiger partial charge in [-0.2, -0.15) is 0 Å². The SMILES string of the molecule is CSc1nccc(C)c1CN. The van der Waals surface area contributed by atoms with Gasteiger partial charge in [0.15, 0.2) is 0 Å². The number of rotatable bonds is 2. The van der Waals surface area contributed by atoms with Crippen LogP contribution >= 0.6 is 11.8 Å². The molecule has 2 nitrogen and oxygen atoms in total. The van der Waals surface area contributed by atoms with Crippen molar-refractivity contribution >= 4 is 11.8 Å². The van der Waals surface area contributed by atoms with Crippen molar-refractivity contribution in [3.63, 3.8) is 0 Å². The maximum Gasteiger partial charge on any atom is 0.100 e. The average molecular weight is 168 g/mol. The van der Waals surface area contributed by atoms with E-state index < -0.39 is 0 Å². The Labute approximate surface area is 71.2 Å². The summed E-state index contributed by atoms with van der Waals surface area (Å²) in [5, 5.41) is 1.05. The van der Waals surface area contributed by atoms with Gasteiger partial charge in [-0.25, -0.2) is 4.98 Å². The van der Waals surface area contributed by atoms with Crippen LogP contribution in [0.25, 0.3) is 0 Å². The standard InChI is InChI=1S/C8H12N2S/c1-6-3-4-10-8(11-2)7(6)5-9/h3-4H,5,9H2,1-2H3. The normalized spacial score (nSPS) is 10.1. The molecule has 0 amide bonds. The summed E-state index contributed by atoms with van der Waals surface area (Å²) in [6, 6.07) is 1.99. The van der Waals surface area contributed by atoms with Gasteiger partial charge in [-0.1, -0.05) is 0 Å². The third-order valence-electron chi connectivity index (χ3n) is 1.65. The largest absolute Gasteiger partial charge is 0.326 e. The van der Waals surface area contributed by atoms with E-state index in [2.05, 4.69) is 11.9 Å². The maximum absolute atomic E-state index is 5.57. The molecule has 0 aromatic carbocycles. The van der Waals surface area contributed by atoms with Crippen LogP contribution < -0.4 is 5.73 Å². The van der Waals surface area contributed by atoms with Crippen LogP contribution in [0.15, 0.2) is 17.3 Å². The second kappa shape index (κ2) is 3.74. The molecule has 11 heavy (non-hydrogen) atoms. The first-order chi connectivity index (χ1) is 5.29. The Morgan fingerprint density at radius 2 is 2.36 bits per heavy atom. The zero-order valence-corrected chi connectivity index (χ0v) is 7.61. The van der Waals surface area contributed by atoms with Crippen molar-refractivity contribution in [2.45, 2.75) is 18.5 Å². The highest BCUT2D eigenvalue weighted by Crippen LogP contribution is 2.19. The third kappa shape index (κ3) is 1.73. The first-order valence-corrected chi connectivity index (χ1v) is 4.70. The minimum Gasteiger partial charge on any atom is -0.326 e. The van der Waals surface area contributed by atoms with Gasteiger partial charge in [0.25, 0.3) is 0 Å². The molecule has 3 heteroatoms. The molecular formula is C8H12N2S. The maximum atomic E-state index is 5.57. The molecule has 0 fully saturated rings. The van der Waals surface area contributed by atoms with Crippen molar-refractivity contribution in [3.8, 4) is 0 Å². The van der Waals surface area contributed by atoms with E-state index in [0.29, 0.717) is 6.54 Å². The number of nitrogens with zero attached hydrogens (tertiary/aromatic N) is 1. The third-order valence-corrected chi connectivity index (χ3v) is 2.39. The van der Waals surface area contributed by atoms with Crippen LogP contribution in [-0.4, -0.2) is 11.2 Å². The molecule has 0 saturated carbocycles. The second-order valence-electron chi connectivity index (χ2n) is 2.32. The summed E-state index contributed by atoms with van der Waals surface area (Å²) >= 11 is 1.64. The molecule has 1 aromatic heterocycles. The fraction of sp³-hybridized carbons (Fsp3) is 0.375. The van der Waals surface area contributed by atoms with Crippen molar-refractivity contribution in [2.24, 2.45) is 5.73 Å². The first-order valence-electron chi connectivity index (χ1n) is 3.48. The van der Waals surface area contributed by atoms with Crippen LogP contribution in [0.4, 0.5) is 0 Å². The van der Waals surface area contributed by atoms with Crippen LogP contribution in [0, 0.1) is 6.92 Å². The minimum absolute atomic E-state index is 0.579. The smallest absolute Gasteiger partial charge is 0.100 e. The summed E-state index contributed by atoms with van der Waals surface area (Å²) in [5.74, 6) is 0. The minimum atomic E-state index is 0.579. The Morgan fingerprint density at radius 3 is 2.82 bits per heavy atom. The summed E-state index contributed by atoms with van der Waals surface area (Å²) in [7, 11) is 0. The molecule has 0 saturated heterocycles. The summed E-state index contributed by atoms with van der Waals surface area (Å²) in [5.41, 5.74) is 7.97. The number of aromatic nitrogens is 1. The number of hydrogen-bond acceptors (Lipinski definition) is 3. The van der Waals surface area contributed by atoms with Crippen LogP contribution in [0.1, 0.15) is 11.1 Å². The number of thioether (sulfide) groups is 1. The average Bonchev–Trinajstić information content (AvgIpc) is 2.04. The Bertz CT molecular complexity index is 248. The Kier molecular flexibility index (Phi) is 2.91. The fourth-order valence-corrected chi connectivity index (χ4v) is 1.65. The van der Waals surface area contributed by atoms with Gasteiger partial charge in [-0.05, 0) is 24.8 Å². The van der Waals surface area contributed by atoms with E-state index in [4.69, 9.17) is 5.73 Å². The van der Waals surface area contributed by atoms with Crippen LogP contribution in [0.3, 0.4) is 0 Å². The molecule has 1 heterocycles. The van der Waals surface area contributed by atoms with E-state index in [1.54, 1.807) is 11.8 Å². The quantitative estimate of drug-likeness (QED) is 0.681. The van der Waals surface area contributed by atoms with Crippen molar-refractivity contribution in [1.82, 2.24) is 4.98 Å². The van der Waals surface area contributed by atoms with Crippen molar-refractivity contribution < 1.29 is 0 Å². The van der Waals surface area contributed by atoms with Crippen molar-refractivity contribution in [1.29, 1.82) is 0 Å². The fourth-order valence-electron chi connectivity index (χ4n) is 0.988. The van der Waals surface area contributed by atoms with E-state index in [0.717, 1.165) is 5.03 Å². The number of aryl methyl sites for hydroxylation is 1. The van der Waals surface area contributed by atoms with Crippen LogP contribution in [0.2, 0.25) is 0 Å². The Balaban J connectivity index is 3.13. The number of pyridine rings is 1. The number of nitrogens with two attached hydrogens (primary N) is 1. The lowest BCUT2D eigenvalue weighted by Crippen LogP contribution is -2.02. The summed E-state index contributed by atoms with van der Waals surface area (Å²) < 4.78 is 0. The van der Waals surface area contributed by atoms with E-state index in [-0.39, 0.29) is 0 Å². The van der Waals surface area contributed by atoms with Gasteiger partial charge in [-0.15, -0.1) is 11.8 Å². The molecule has 0 bridgehead atoms. The zero-order valence-electron chi connectivity index (χ0n) is 6.79. The molecule has 0 spiro atoms. The summed E-state index contributed by atoms with van der Waals surface area (Å²) in [6.45, 7) is 2.64. The molecule has 1 rings (SSSR count). The highest BCUT2D eigenvalue weighted by Gasteiger charge is 2.02. The predicted molar refractivity (Wildman–Crippen MR) is 48.6 cm³/mol. The van der Waals surface area contributed by atoms with Gasteiger partial charge in [-0.3, -0.25) is 0 Å². The Morgan fingerprint density at radius 1 is 1.64 bits per heavy atom. The summed E-state index contributed by atoms with van der Waals surface area (Å²) in [6.07, 6.45) is 3.83. The monoisotopic (exact) mass is 168 g/mol. The molecule has 0 unspecified atom stereocenters. The molecule has 1 aromatic rings. The first kappa shape index (κ1) is 8.56. The lowest BCUT2D eigenvalue weighted by atomic mass is 10.2. The van der Waals surface area contributed by atoms with Gasteiger partial charge < -0.3 is 5.73 Å². The van der Waals surface area contributed by atoms with Gasteiger partial charge >= 0.3 is 0 Å². The van der Waals surface area contributed by atoms with E-state index in [1.807, 2.05) is 18.5 Å². The van der Waals surface area contributed by atoms with Crippen molar-refractivity contribution in [3.05, 3.63) is 23.4 Å². The lowest BCUT2D eigenvalue weighted by Gasteiger charge is -2.05. The molecule has 0 aliphatic rings. The van der Waals surface area contributed by atoms with Gasteiger partial charge in [0.2, 0.25) is 0 Å². The van der Waals surface area contributed by atoms with E-state index in [1.165, 1.54) is 11.1 Å². The van der Waals surface area contributed by atoms with Crippen molar-refractivity contribution in [2.75, 3.05) is 6.26 Å². The second-order valence-corrected chi connectivity index (χ2v) is 3.11. The molecular weight excluding hydrogens is 156 g/mol. The highest BCUT2D eigenvalue weighted by atomic mass is 32.2. The van der Waals surface area contributed by atoms with Gasteiger partial charge in [0, 0.05) is 18.3 Å². The van der Waals surface area contributed by atoms with Gasteiger partial charge in [0.1, 0.15) is 5.03 Å². The van der Waals surface area contributed by atoms with Crippen LogP contribution in [-0.2, 0) is 6.54 Å². The lowest BCUT2D eigenvalue weighted by molar-refractivity contribution is 0.944. The van der Waals surface area contributed by atoms with Crippen LogP contribution in [0.5, 0.6) is 0 Å². The zero-order chi connectivity index (χ0) is 8.27. The highest BCUT2D eigenvalue weighted by molar-refractivity contribution is 7.98. The number of hydrogen-bond donors (Lipinski definition) is 1. The topological polar surface area (TPSA) is 38.9 Å².